The fourth-order valence-corrected chi connectivity index (χ4v) is 5.36. The predicted octanol–water partition coefficient (Wildman–Crippen LogP) is 2.24. The number of carbonyl (C=O) groups is 1. The van der Waals surface area contributed by atoms with Crippen molar-refractivity contribution in [2.45, 2.75) is 11.4 Å². The Bertz CT molecular complexity index is 1130. The van der Waals surface area contributed by atoms with Gasteiger partial charge < -0.3 is 4.90 Å². The standard InChI is InChI=1S/C20H20BrN5O3S/c21-18-2-1-3-19(12-18)30(28,29)26-10-8-24(9-11-26)20(27)17-6-4-16(5-7-17)13-25-15-22-14-23-25/h1-7,12,14-15H,8-11,13H2. The third kappa shape index (κ3) is 4.45. The number of halogens is 1. The van der Waals surface area contributed by atoms with Crippen LogP contribution in [0.5, 0.6) is 0 Å². The van der Waals surface area contributed by atoms with Crippen molar-refractivity contribution >= 4 is 31.9 Å². The summed E-state index contributed by atoms with van der Waals surface area (Å²) in [7, 11) is -3.58. The third-order valence-electron chi connectivity index (χ3n) is 4.97. The van der Waals surface area contributed by atoms with Crippen LogP contribution >= 0.6 is 15.9 Å². The molecule has 30 heavy (non-hydrogen) atoms. The van der Waals surface area contributed by atoms with Gasteiger partial charge >= 0.3 is 0 Å². The fraction of sp³-hybridized carbons (Fsp3) is 0.250. The Morgan fingerprint density at radius 1 is 1.03 bits per heavy atom. The summed E-state index contributed by atoms with van der Waals surface area (Å²) in [5, 5.41) is 4.07. The fourth-order valence-electron chi connectivity index (χ4n) is 3.34. The maximum Gasteiger partial charge on any atom is 0.253 e. The van der Waals surface area contributed by atoms with Gasteiger partial charge in [0.1, 0.15) is 12.7 Å². The first-order valence-electron chi connectivity index (χ1n) is 9.40. The maximum absolute atomic E-state index is 12.8. The summed E-state index contributed by atoms with van der Waals surface area (Å²) in [6.45, 7) is 1.83. The van der Waals surface area contributed by atoms with Crippen molar-refractivity contribution < 1.29 is 13.2 Å². The minimum atomic E-state index is -3.58. The first-order valence-corrected chi connectivity index (χ1v) is 11.6. The summed E-state index contributed by atoms with van der Waals surface area (Å²) < 4.78 is 29.5. The number of rotatable bonds is 5. The second-order valence-electron chi connectivity index (χ2n) is 6.94. The lowest BCUT2D eigenvalue weighted by Crippen LogP contribution is -2.50. The van der Waals surface area contributed by atoms with Gasteiger partial charge in [-0.25, -0.2) is 18.1 Å². The lowest BCUT2D eigenvalue weighted by Gasteiger charge is -2.34. The van der Waals surface area contributed by atoms with E-state index in [9.17, 15) is 13.2 Å². The van der Waals surface area contributed by atoms with Crippen LogP contribution in [-0.2, 0) is 16.6 Å². The average molecular weight is 490 g/mol. The summed E-state index contributed by atoms with van der Waals surface area (Å²) >= 11 is 3.31. The highest BCUT2D eigenvalue weighted by molar-refractivity contribution is 9.10. The second-order valence-corrected chi connectivity index (χ2v) is 9.80. The van der Waals surface area contributed by atoms with E-state index in [2.05, 4.69) is 26.0 Å². The molecule has 0 saturated carbocycles. The Hall–Kier alpha value is -2.56. The van der Waals surface area contributed by atoms with E-state index in [-0.39, 0.29) is 23.9 Å². The zero-order valence-corrected chi connectivity index (χ0v) is 18.5. The molecule has 0 spiro atoms. The molecule has 0 atom stereocenters. The van der Waals surface area contributed by atoms with Gasteiger partial charge in [-0.15, -0.1) is 0 Å². The number of piperazine rings is 1. The monoisotopic (exact) mass is 489 g/mol. The zero-order valence-electron chi connectivity index (χ0n) is 16.1. The molecule has 8 nitrogen and oxygen atoms in total. The first kappa shape index (κ1) is 20.7. The summed E-state index contributed by atoms with van der Waals surface area (Å²) in [5.74, 6) is -0.0955. The van der Waals surface area contributed by atoms with Crippen molar-refractivity contribution in [2.24, 2.45) is 0 Å². The average Bonchev–Trinajstić information content (AvgIpc) is 3.27. The highest BCUT2D eigenvalue weighted by Crippen LogP contribution is 2.21. The van der Waals surface area contributed by atoms with Gasteiger partial charge in [0, 0.05) is 36.2 Å². The van der Waals surface area contributed by atoms with Crippen molar-refractivity contribution in [1.82, 2.24) is 24.0 Å². The van der Waals surface area contributed by atoms with E-state index in [1.54, 1.807) is 52.3 Å². The molecule has 1 aliphatic heterocycles. The Morgan fingerprint density at radius 3 is 2.40 bits per heavy atom. The van der Waals surface area contributed by atoms with Crippen LogP contribution in [-0.4, -0.2) is 64.5 Å². The number of hydrogen-bond donors (Lipinski definition) is 0. The zero-order chi connectivity index (χ0) is 21.1. The van der Waals surface area contributed by atoms with E-state index in [4.69, 9.17) is 0 Å². The Labute approximate surface area is 183 Å². The number of hydrogen-bond acceptors (Lipinski definition) is 5. The van der Waals surface area contributed by atoms with Crippen molar-refractivity contribution in [1.29, 1.82) is 0 Å². The number of sulfonamides is 1. The SMILES string of the molecule is O=C(c1ccc(Cn2cncn2)cc1)N1CCN(S(=O)(=O)c2cccc(Br)c2)CC1. The Morgan fingerprint density at radius 2 is 1.77 bits per heavy atom. The topological polar surface area (TPSA) is 88.4 Å². The van der Waals surface area contributed by atoms with Crippen LogP contribution in [0.3, 0.4) is 0 Å². The van der Waals surface area contributed by atoms with Crippen molar-refractivity contribution in [3.8, 4) is 0 Å². The summed E-state index contributed by atoms with van der Waals surface area (Å²) in [6.07, 6.45) is 3.12. The highest BCUT2D eigenvalue weighted by atomic mass is 79.9. The molecule has 0 aliphatic carbocycles. The molecule has 0 N–H and O–H groups in total. The van der Waals surface area contributed by atoms with Crippen LogP contribution in [0, 0.1) is 0 Å². The van der Waals surface area contributed by atoms with Gasteiger partial charge in [0.15, 0.2) is 0 Å². The number of carbonyl (C=O) groups excluding carboxylic acids is 1. The van der Waals surface area contributed by atoms with Crippen LogP contribution < -0.4 is 0 Å². The summed E-state index contributed by atoms with van der Waals surface area (Å²) in [4.78, 5) is 18.7. The molecule has 1 aliphatic rings. The maximum atomic E-state index is 12.8. The molecule has 10 heteroatoms. The molecule has 3 aromatic rings. The summed E-state index contributed by atoms with van der Waals surface area (Å²) in [5.41, 5.74) is 1.60. The van der Waals surface area contributed by atoms with E-state index in [0.717, 1.165) is 5.56 Å². The number of benzene rings is 2. The molecule has 1 aromatic heterocycles. The minimum Gasteiger partial charge on any atom is -0.336 e. The van der Waals surface area contributed by atoms with Gasteiger partial charge in [-0.05, 0) is 35.9 Å². The van der Waals surface area contributed by atoms with Crippen LogP contribution in [0.4, 0.5) is 0 Å². The molecule has 0 unspecified atom stereocenters. The Balaban J connectivity index is 1.38. The molecule has 156 valence electrons. The van der Waals surface area contributed by atoms with Gasteiger partial charge in [-0.3, -0.25) is 4.79 Å². The summed E-state index contributed by atoms with van der Waals surface area (Å²) in [6, 6.07) is 14.0. The van der Waals surface area contributed by atoms with Crippen LogP contribution in [0.15, 0.2) is 70.6 Å². The van der Waals surface area contributed by atoms with Crippen molar-refractivity contribution in [3.63, 3.8) is 0 Å². The number of aromatic nitrogens is 3. The van der Waals surface area contributed by atoms with Crippen molar-refractivity contribution in [3.05, 3.63) is 76.8 Å². The molecule has 2 heterocycles. The van der Waals surface area contributed by atoms with Gasteiger partial charge in [-0.1, -0.05) is 34.1 Å². The first-order chi connectivity index (χ1) is 14.4. The molecule has 2 aromatic carbocycles. The van der Waals surface area contributed by atoms with E-state index in [0.29, 0.717) is 29.7 Å². The predicted molar refractivity (Wildman–Crippen MR) is 114 cm³/mol. The molecule has 0 radical (unpaired) electrons. The van der Waals surface area contributed by atoms with E-state index >= 15 is 0 Å². The third-order valence-corrected chi connectivity index (χ3v) is 7.36. The minimum absolute atomic E-state index is 0.0955. The van der Waals surface area contributed by atoms with Gasteiger partial charge in [0.2, 0.25) is 10.0 Å². The van der Waals surface area contributed by atoms with Gasteiger partial charge in [-0.2, -0.15) is 9.40 Å². The van der Waals surface area contributed by atoms with Crippen LogP contribution in [0.1, 0.15) is 15.9 Å². The lowest BCUT2D eigenvalue weighted by molar-refractivity contribution is 0.0698. The number of amides is 1. The molecule has 1 amide bonds. The van der Waals surface area contributed by atoms with Gasteiger partial charge in [0.05, 0.1) is 11.4 Å². The molecular formula is C20H20BrN5O3S. The normalized spacial score (nSPS) is 15.3. The molecule has 0 bridgehead atoms. The Kier molecular flexibility index (Phi) is 5.98. The highest BCUT2D eigenvalue weighted by Gasteiger charge is 2.30. The van der Waals surface area contributed by atoms with Gasteiger partial charge in [0.25, 0.3) is 5.91 Å². The molecular weight excluding hydrogens is 470 g/mol. The lowest BCUT2D eigenvalue weighted by atomic mass is 10.1. The number of nitrogens with zero attached hydrogens (tertiary/aromatic N) is 5. The van der Waals surface area contributed by atoms with Crippen molar-refractivity contribution in [2.75, 3.05) is 26.2 Å². The second kappa shape index (κ2) is 8.66. The van der Waals surface area contributed by atoms with E-state index in [1.165, 1.54) is 10.6 Å². The molecule has 1 saturated heterocycles. The smallest absolute Gasteiger partial charge is 0.253 e. The van der Waals surface area contributed by atoms with E-state index < -0.39 is 10.0 Å². The largest absolute Gasteiger partial charge is 0.336 e. The quantitative estimate of drug-likeness (QED) is 0.548. The van der Waals surface area contributed by atoms with Crippen LogP contribution in [0.2, 0.25) is 0 Å². The molecule has 4 rings (SSSR count). The van der Waals surface area contributed by atoms with E-state index in [1.807, 2.05) is 12.1 Å². The molecule has 1 fully saturated rings. The van der Waals surface area contributed by atoms with Crippen LogP contribution in [0.25, 0.3) is 0 Å².